The molecule has 1 aromatic carbocycles. The van der Waals surface area contributed by atoms with Gasteiger partial charge in [0.05, 0.1) is 10.6 Å². The largest absolute Gasteiger partial charge is 0.355 e. The maximum absolute atomic E-state index is 13.0. The summed E-state index contributed by atoms with van der Waals surface area (Å²) in [5, 5.41) is 6.28. The lowest BCUT2D eigenvalue weighted by atomic mass is 10.2. The molecule has 0 radical (unpaired) electrons. The van der Waals surface area contributed by atoms with Crippen LogP contribution >= 0.6 is 11.3 Å². The van der Waals surface area contributed by atoms with Crippen LogP contribution < -0.4 is 0 Å². The third kappa shape index (κ3) is 4.38. The summed E-state index contributed by atoms with van der Waals surface area (Å²) in [7, 11) is 0. The lowest BCUT2D eigenvalue weighted by molar-refractivity contribution is 0.242. The van der Waals surface area contributed by atoms with E-state index in [0.717, 1.165) is 67.6 Å². The smallest absolute Gasteiger partial charge is 0.177 e. The van der Waals surface area contributed by atoms with Crippen molar-refractivity contribution in [2.24, 2.45) is 0 Å². The van der Waals surface area contributed by atoms with Gasteiger partial charge in [-0.3, -0.25) is 9.80 Å². The van der Waals surface area contributed by atoms with Crippen LogP contribution in [0.3, 0.4) is 0 Å². The van der Waals surface area contributed by atoms with Crippen LogP contribution in [0.2, 0.25) is 0 Å². The van der Waals surface area contributed by atoms with Crippen LogP contribution in [-0.2, 0) is 13.1 Å². The van der Waals surface area contributed by atoms with Crippen LogP contribution in [0.15, 0.2) is 52.4 Å². The quantitative estimate of drug-likeness (QED) is 0.671. The highest BCUT2D eigenvalue weighted by atomic mass is 32.1. The molecule has 2 aromatic heterocycles. The molecule has 0 spiro atoms. The molecule has 136 valence electrons. The molecule has 1 aliphatic rings. The molecular weight excluding hydrogens is 349 g/mol. The minimum atomic E-state index is -0.176. The van der Waals surface area contributed by atoms with Crippen LogP contribution in [0.4, 0.5) is 4.39 Å². The maximum atomic E-state index is 13.0. The Balaban J connectivity index is 1.31. The molecule has 0 aliphatic carbocycles. The van der Waals surface area contributed by atoms with Gasteiger partial charge >= 0.3 is 0 Å². The minimum absolute atomic E-state index is 0.176. The predicted molar refractivity (Wildman–Crippen MR) is 101 cm³/mol. The van der Waals surface area contributed by atoms with Crippen molar-refractivity contribution in [3.05, 3.63) is 64.9 Å². The number of hydrogen-bond acceptors (Lipinski definition) is 5. The van der Waals surface area contributed by atoms with E-state index >= 15 is 0 Å². The Morgan fingerprint density at radius 2 is 1.77 bits per heavy atom. The van der Waals surface area contributed by atoms with Crippen molar-refractivity contribution in [1.29, 1.82) is 0 Å². The van der Waals surface area contributed by atoms with E-state index in [1.165, 1.54) is 12.1 Å². The van der Waals surface area contributed by atoms with Gasteiger partial charge in [-0.25, -0.2) is 4.39 Å². The van der Waals surface area contributed by atoms with Gasteiger partial charge in [0.15, 0.2) is 5.76 Å². The Kier molecular flexibility index (Phi) is 5.43. The normalized spacial score (nSPS) is 16.7. The number of halogens is 1. The molecule has 3 heterocycles. The fourth-order valence-electron chi connectivity index (χ4n) is 3.34. The lowest BCUT2D eigenvalue weighted by Gasteiger charge is -2.21. The van der Waals surface area contributed by atoms with Crippen molar-refractivity contribution in [2.75, 3.05) is 26.2 Å². The standard InChI is InChI=1S/C20H22FN3OS/c21-17-6-4-16(5-7-17)14-23-8-2-9-24(11-10-23)15-18-13-19(25-22-18)20-3-1-12-26-20/h1,3-7,12-13H,2,8-11,14-15H2. The SMILES string of the molecule is Fc1ccc(CN2CCCN(Cc3cc(-c4cccs4)on3)CC2)cc1. The highest BCUT2D eigenvalue weighted by Gasteiger charge is 2.17. The molecule has 1 fully saturated rings. The van der Waals surface area contributed by atoms with Crippen LogP contribution in [0.1, 0.15) is 17.7 Å². The van der Waals surface area contributed by atoms with Gasteiger partial charge in [-0.05, 0) is 48.7 Å². The molecule has 1 aliphatic heterocycles. The first-order valence-electron chi connectivity index (χ1n) is 8.95. The Labute approximate surface area is 156 Å². The van der Waals surface area contributed by atoms with Crippen LogP contribution in [0.5, 0.6) is 0 Å². The number of benzene rings is 1. The van der Waals surface area contributed by atoms with Gasteiger partial charge in [0.25, 0.3) is 0 Å². The zero-order valence-corrected chi connectivity index (χ0v) is 15.4. The average Bonchev–Trinajstić information content (AvgIpc) is 3.28. The van der Waals surface area contributed by atoms with Gasteiger partial charge in [-0.2, -0.15) is 0 Å². The Bertz CT molecular complexity index is 816. The first-order valence-corrected chi connectivity index (χ1v) is 9.83. The van der Waals surface area contributed by atoms with E-state index < -0.39 is 0 Å². The van der Waals surface area contributed by atoms with Crippen molar-refractivity contribution in [3.8, 4) is 10.6 Å². The van der Waals surface area contributed by atoms with Gasteiger partial charge < -0.3 is 4.52 Å². The Morgan fingerprint density at radius 3 is 2.50 bits per heavy atom. The molecule has 0 atom stereocenters. The number of hydrogen-bond donors (Lipinski definition) is 0. The fourth-order valence-corrected chi connectivity index (χ4v) is 4.01. The lowest BCUT2D eigenvalue weighted by Crippen LogP contribution is -2.30. The zero-order chi connectivity index (χ0) is 17.8. The molecule has 3 aromatic rings. The molecule has 6 heteroatoms. The van der Waals surface area contributed by atoms with Crippen molar-refractivity contribution >= 4 is 11.3 Å². The summed E-state index contributed by atoms with van der Waals surface area (Å²) in [4.78, 5) is 5.98. The fraction of sp³-hybridized carbons (Fsp3) is 0.350. The maximum Gasteiger partial charge on any atom is 0.177 e. The van der Waals surface area contributed by atoms with E-state index in [1.54, 1.807) is 11.3 Å². The van der Waals surface area contributed by atoms with E-state index in [-0.39, 0.29) is 5.82 Å². The van der Waals surface area contributed by atoms with Crippen molar-refractivity contribution < 1.29 is 8.91 Å². The highest BCUT2D eigenvalue weighted by Crippen LogP contribution is 2.25. The van der Waals surface area contributed by atoms with Crippen molar-refractivity contribution in [3.63, 3.8) is 0 Å². The molecule has 1 saturated heterocycles. The average molecular weight is 371 g/mol. The van der Waals surface area contributed by atoms with Crippen LogP contribution in [0, 0.1) is 5.82 Å². The molecule has 0 saturated carbocycles. The first kappa shape index (κ1) is 17.4. The molecule has 4 nitrogen and oxygen atoms in total. The van der Waals surface area contributed by atoms with Gasteiger partial charge in [0.2, 0.25) is 0 Å². The number of thiophene rings is 1. The second-order valence-electron chi connectivity index (χ2n) is 6.69. The van der Waals surface area contributed by atoms with E-state index in [4.69, 9.17) is 4.52 Å². The number of rotatable bonds is 5. The highest BCUT2D eigenvalue weighted by molar-refractivity contribution is 7.13. The van der Waals surface area contributed by atoms with Gasteiger partial charge in [-0.1, -0.05) is 23.4 Å². The summed E-state index contributed by atoms with van der Waals surface area (Å²) in [5.74, 6) is 0.674. The molecule has 4 rings (SSSR count). The van der Waals surface area contributed by atoms with Crippen molar-refractivity contribution in [1.82, 2.24) is 15.0 Å². The van der Waals surface area contributed by atoms with Crippen LogP contribution in [0.25, 0.3) is 10.6 Å². The Morgan fingerprint density at radius 1 is 1.00 bits per heavy atom. The molecule has 0 bridgehead atoms. The third-order valence-electron chi connectivity index (χ3n) is 4.71. The summed E-state index contributed by atoms with van der Waals surface area (Å²) in [6.07, 6.45) is 1.12. The van der Waals surface area contributed by atoms with E-state index in [1.807, 2.05) is 35.7 Å². The topological polar surface area (TPSA) is 32.5 Å². The summed E-state index contributed by atoms with van der Waals surface area (Å²) < 4.78 is 18.5. The second-order valence-corrected chi connectivity index (χ2v) is 7.64. The number of aromatic nitrogens is 1. The predicted octanol–water partition coefficient (Wildman–Crippen LogP) is 4.25. The summed E-state index contributed by atoms with van der Waals surface area (Å²) >= 11 is 1.66. The van der Waals surface area contributed by atoms with E-state index in [9.17, 15) is 4.39 Å². The molecular formula is C20H22FN3OS. The zero-order valence-electron chi connectivity index (χ0n) is 14.6. The molecule has 26 heavy (non-hydrogen) atoms. The summed E-state index contributed by atoms with van der Waals surface area (Å²) in [6, 6.07) is 12.9. The molecule has 0 amide bonds. The van der Waals surface area contributed by atoms with E-state index in [2.05, 4.69) is 15.0 Å². The Hall–Kier alpha value is -2.02. The van der Waals surface area contributed by atoms with Crippen LogP contribution in [-0.4, -0.2) is 41.1 Å². The van der Waals surface area contributed by atoms with E-state index in [0.29, 0.717) is 0 Å². The summed E-state index contributed by atoms with van der Waals surface area (Å²) in [5.41, 5.74) is 2.15. The first-order chi connectivity index (χ1) is 12.8. The molecule has 0 N–H and O–H groups in total. The van der Waals surface area contributed by atoms with Gasteiger partial charge in [0.1, 0.15) is 5.82 Å². The second kappa shape index (κ2) is 8.12. The number of nitrogens with zero attached hydrogens (tertiary/aromatic N) is 3. The third-order valence-corrected chi connectivity index (χ3v) is 5.59. The minimum Gasteiger partial charge on any atom is -0.355 e. The van der Waals surface area contributed by atoms with Gasteiger partial charge in [-0.15, -0.1) is 11.3 Å². The summed E-state index contributed by atoms with van der Waals surface area (Å²) in [6.45, 7) is 5.82. The molecule has 0 unspecified atom stereocenters. The monoisotopic (exact) mass is 371 g/mol. The van der Waals surface area contributed by atoms with Gasteiger partial charge in [0, 0.05) is 32.2 Å². The van der Waals surface area contributed by atoms with Crippen molar-refractivity contribution in [2.45, 2.75) is 19.5 Å².